The fourth-order valence-corrected chi connectivity index (χ4v) is 2.02. The maximum atomic E-state index is 9.80. The van der Waals surface area contributed by atoms with Gasteiger partial charge in [0.25, 0.3) is 0 Å². The van der Waals surface area contributed by atoms with Gasteiger partial charge in [-0.2, -0.15) is 5.10 Å². The smallest absolute Gasteiger partial charge is 0.132 e. The Labute approximate surface area is 120 Å². The van der Waals surface area contributed by atoms with E-state index in [0.717, 1.165) is 16.8 Å². The number of aliphatic hydroxyl groups is 1. The molecule has 0 radical (unpaired) electrons. The molecule has 20 heavy (non-hydrogen) atoms. The lowest BCUT2D eigenvalue weighted by Gasteiger charge is -2.13. The summed E-state index contributed by atoms with van der Waals surface area (Å²) in [6.07, 6.45) is 1.41. The lowest BCUT2D eigenvalue weighted by molar-refractivity contribution is 0.189. The molecule has 0 amide bonds. The summed E-state index contributed by atoms with van der Waals surface area (Å²) in [5.74, 6) is 0.713. The van der Waals surface area contributed by atoms with E-state index in [1.54, 1.807) is 6.92 Å². The Hall–Kier alpha value is -1.81. The van der Waals surface area contributed by atoms with Gasteiger partial charge in [-0.25, -0.2) is 0 Å². The van der Waals surface area contributed by atoms with Crippen molar-refractivity contribution in [2.45, 2.75) is 46.4 Å². The number of ether oxygens (including phenoxy) is 1. The largest absolute Gasteiger partial charge is 0.487 e. The number of aryl methyl sites for hydroxylation is 1. The van der Waals surface area contributed by atoms with Crippen LogP contribution in [0.3, 0.4) is 0 Å². The van der Waals surface area contributed by atoms with E-state index < -0.39 is 6.10 Å². The second kappa shape index (κ2) is 6.09. The van der Waals surface area contributed by atoms with Gasteiger partial charge < -0.3 is 9.84 Å². The molecule has 0 aliphatic carbocycles. The van der Waals surface area contributed by atoms with Crippen LogP contribution in [0.25, 0.3) is 0 Å². The molecular formula is C16H22N2O2. The van der Waals surface area contributed by atoms with Crippen LogP contribution in [0.15, 0.2) is 30.5 Å². The number of hydrogen-bond donors (Lipinski definition) is 1. The van der Waals surface area contributed by atoms with E-state index in [4.69, 9.17) is 4.74 Å². The number of nitrogens with zero attached hydrogens (tertiary/aromatic N) is 2. The Kier molecular flexibility index (Phi) is 4.45. The van der Waals surface area contributed by atoms with Gasteiger partial charge in [0.05, 0.1) is 11.8 Å². The summed E-state index contributed by atoms with van der Waals surface area (Å²) < 4.78 is 7.70. The van der Waals surface area contributed by atoms with Gasteiger partial charge in [-0.1, -0.05) is 11.6 Å². The molecule has 2 aromatic rings. The molecule has 108 valence electrons. The van der Waals surface area contributed by atoms with Crippen LogP contribution in [-0.2, 0) is 6.61 Å². The number of rotatable bonds is 5. The van der Waals surface area contributed by atoms with Gasteiger partial charge >= 0.3 is 0 Å². The molecule has 1 N–H and O–H groups in total. The minimum absolute atomic E-state index is 0.344. The highest BCUT2D eigenvalue weighted by atomic mass is 16.5. The lowest BCUT2D eigenvalue weighted by Crippen LogP contribution is -2.05. The van der Waals surface area contributed by atoms with Gasteiger partial charge in [0.2, 0.25) is 0 Å². The summed E-state index contributed by atoms with van der Waals surface area (Å²) in [7, 11) is 0. The molecule has 1 atom stereocenters. The molecule has 0 bridgehead atoms. The van der Waals surface area contributed by atoms with E-state index in [-0.39, 0.29) is 0 Å². The maximum absolute atomic E-state index is 9.80. The predicted octanol–water partition coefficient (Wildman–Crippen LogP) is 3.40. The second-order valence-corrected chi connectivity index (χ2v) is 5.39. The molecule has 1 aromatic carbocycles. The van der Waals surface area contributed by atoms with Crippen molar-refractivity contribution in [2.75, 3.05) is 0 Å². The number of aromatic nitrogens is 2. The SMILES string of the molecule is Cc1ccc(OCc2ccn(C(C)C)n2)c(C(C)O)c1. The normalized spacial score (nSPS) is 12.7. The molecule has 0 spiro atoms. The summed E-state index contributed by atoms with van der Waals surface area (Å²) in [4.78, 5) is 0. The highest BCUT2D eigenvalue weighted by molar-refractivity contribution is 5.38. The summed E-state index contributed by atoms with van der Waals surface area (Å²) in [5, 5.41) is 14.2. The van der Waals surface area contributed by atoms with Crippen molar-refractivity contribution < 1.29 is 9.84 Å². The van der Waals surface area contributed by atoms with Crippen LogP contribution in [0, 0.1) is 6.92 Å². The monoisotopic (exact) mass is 274 g/mol. The first-order valence-corrected chi connectivity index (χ1v) is 6.93. The Bertz CT molecular complexity index is 574. The molecule has 0 aliphatic rings. The summed E-state index contributed by atoms with van der Waals surface area (Å²) >= 11 is 0. The number of aliphatic hydroxyl groups excluding tert-OH is 1. The van der Waals surface area contributed by atoms with E-state index in [2.05, 4.69) is 18.9 Å². The molecule has 4 heteroatoms. The zero-order valence-corrected chi connectivity index (χ0v) is 12.5. The van der Waals surface area contributed by atoms with E-state index >= 15 is 0 Å². The van der Waals surface area contributed by atoms with Gasteiger partial charge in [-0.3, -0.25) is 4.68 Å². The molecule has 0 aliphatic heterocycles. The average Bonchev–Trinajstić information content (AvgIpc) is 2.86. The number of benzene rings is 1. The third-order valence-electron chi connectivity index (χ3n) is 3.18. The van der Waals surface area contributed by atoms with E-state index in [0.29, 0.717) is 18.4 Å². The van der Waals surface area contributed by atoms with Gasteiger partial charge in [0.1, 0.15) is 12.4 Å². The Balaban J connectivity index is 2.10. The highest BCUT2D eigenvalue weighted by Crippen LogP contribution is 2.26. The van der Waals surface area contributed by atoms with Crippen LogP contribution < -0.4 is 4.74 Å². The molecule has 2 rings (SSSR count). The predicted molar refractivity (Wildman–Crippen MR) is 78.8 cm³/mol. The Morgan fingerprint density at radius 1 is 1.25 bits per heavy atom. The average molecular weight is 274 g/mol. The third-order valence-corrected chi connectivity index (χ3v) is 3.18. The van der Waals surface area contributed by atoms with Gasteiger partial charge in [0.15, 0.2) is 0 Å². The van der Waals surface area contributed by atoms with Crippen LogP contribution in [0.2, 0.25) is 0 Å². The maximum Gasteiger partial charge on any atom is 0.132 e. The van der Waals surface area contributed by atoms with Gasteiger partial charge in [0, 0.05) is 17.8 Å². The summed E-state index contributed by atoms with van der Waals surface area (Å²) in [5.41, 5.74) is 2.81. The van der Waals surface area contributed by atoms with Crippen molar-refractivity contribution in [1.29, 1.82) is 0 Å². The van der Waals surface area contributed by atoms with E-state index in [9.17, 15) is 5.11 Å². The second-order valence-electron chi connectivity index (χ2n) is 5.39. The van der Waals surface area contributed by atoms with Crippen molar-refractivity contribution in [3.8, 4) is 5.75 Å². The van der Waals surface area contributed by atoms with Crippen LogP contribution in [-0.4, -0.2) is 14.9 Å². The molecule has 4 nitrogen and oxygen atoms in total. The molecule has 1 aromatic heterocycles. The molecule has 0 fully saturated rings. The molecule has 1 unspecified atom stereocenters. The topological polar surface area (TPSA) is 47.3 Å². The van der Waals surface area contributed by atoms with Crippen molar-refractivity contribution in [3.05, 3.63) is 47.3 Å². The fourth-order valence-electron chi connectivity index (χ4n) is 2.02. The van der Waals surface area contributed by atoms with Crippen LogP contribution >= 0.6 is 0 Å². The van der Waals surface area contributed by atoms with Gasteiger partial charge in [-0.05, 0) is 45.9 Å². The zero-order valence-electron chi connectivity index (χ0n) is 12.5. The van der Waals surface area contributed by atoms with E-state index in [1.165, 1.54) is 0 Å². The van der Waals surface area contributed by atoms with Crippen molar-refractivity contribution in [3.63, 3.8) is 0 Å². The minimum atomic E-state index is -0.543. The van der Waals surface area contributed by atoms with Crippen LogP contribution in [0.4, 0.5) is 0 Å². The fraction of sp³-hybridized carbons (Fsp3) is 0.438. The van der Waals surface area contributed by atoms with Crippen molar-refractivity contribution in [1.82, 2.24) is 9.78 Å². The molecular weight excluding hydrogens is 252 g/mol. The molecule has 0 saturated heterocycles. The van der Waals surface area contributed by atoms with Crippen molar-refractivity contribution >= 4 is 0 Å². The lowest BCUT2D eigenvalue weighted by atomic mass is 10.1. The Morgan fingerprint density at radius 2 is 2.00 bits per heavy atom. The van der Waals surface area contributed by atoms with Crippen LogP contribution in [0.1, 0.15) is 49.7 Å². The first kappa shape index (κ1) is 14.6. The standard InChI is InChI=1S/C16H22N2O2/c1-11(2)18-8-7-14(17-18)10-20-16-6-5-12(3)9-15(16)13(4)19/h5-9,11,13,19H,10H2,1-4H3. The van der Waals surface area contributed by atoms with Crippen LogP contribution in [0.5, 0.6) is 5.75 Å². The highest BCUT2D eigenvalue weighted by Gasteiger charge is 2.10. The summed E-state index contributed by atoms with van der Waals surface area (Å²) in [6, 6.07) is 8.13. The van der Waals surface area contributed by atoms with Gasteiger partial charge in [-0.15, -0.1) is 0 Å². The summed E-state index contributed by atoms with van der Waals surface area (Å²) in [6.45, 7) is 8.32. The molecule has 1 heterocycles. The zero-order chi connectivity index (χ0) is 14.7. The first-order valence-electron chi connectivity index (χ1n) is 6.93. The third kappa shape index (κ3) is 3.39. The quantitative estimate of drug-likeness (QED) is 0.909. The van der Waals surface area contributed by atoms with Crippen molar-refractivity contribution in [2.24, 2.45) is 0 Å². The minimum Gasteiger partial charge on any atom is -0.487 e. The first-order chi connectivity index (χ1) is 9.47. The molecule has 0 saturated carbocycles. The Morgan fingerprint density at radius 3 is 2.60 bits per heavy atom. The van der Waals surface area contributed by atoms with E-state index in [1.807, 2.05) is 42.1 Å². The number of hydrogen-bond acceptors (Lipinski definition) is 3.